The lowest BCUT2D eigenvalue weighted by molar-refractivity contribution is -0.141. The maximum Gasteiger partial charge on any atom is 0.233 e. The summed E-state index contributed by atoms with van der Waals surface area (Å²) in [5, 5.41) is 0. The Morgan fingerprint density at radius 1 is 1.25 bits per heavy atom. The first kappa shape index (κ1) is 12.0. The molecule has 0 aromatic rings. The predicted octanol–water partition coefficient (Wildman–Crippen LogP) is 1.73. The van der Waals surface area contributed by atoms with Gasteiger partial charge < -0.3 is 0 Å². The van der Waals surface area contributed by atoms with E-state index in [1.54, 1.807) is 0 Å². The van der Waals surface area contributed by atoms with E-state index in [2.05, 4.69) is 12.6 Å². The van der Waals surface area contributed by atoms with Crippen LogP contribution in [-0.2, 0) is 9.59 Å². The van der Waals surface area contributed by atoms with E-state index in [-0.39, 0.29) is 29.1 Å². The Bertz CT molecular complexity index is 305. The molecule has 16 heavy (non-hydrogen) atoms. The summed E-state index contributed by atoms with van der Waals surface area (Å²) in [6, 6.07) is 0. The Hall–Kier alpha value is -0.510. The molecule has 1 aliphatic carbocycles. The van der Waals surface area contributed by atoms with Crippen LogP contribution in [0.15, 0.2) is 0 Å². The van der Waals surface area contributed by atoms with E-state index >= 15 is 0 Å². The van der Waals surface area contributed by atoms with Gasteiger partial charge in [0.1, 0.15) is 0 Å². The quantitative estimate of drug-likeness (QED) is 0.603. The van der Waals surface area contributed by atoms with Crippen LogP contribution in [0.5, 0.6) is 0 Å². The second-order valence-corrected chi connectivity index (χ2v) is 6.05. The lowest BCUT2D eigenvalue weighted by Gasteiger charge is -2.28. The van der Waals surface area contributed by atoms with Crippen molar-refractivity contribution in [3.05, 3.63) is 0 Å². The van der Waals surface area contributed by atoms with Gasteiger partial charge in [0, 0.05) is 6.54 Å². The number of hydrogen-bond acceptors (Lipinski definition) is 3. The minimum absolute atomic E-state index is 0.0109. The number of fused-ring (bicyclic) bond motifs is 1. The van der Waals surface area contributed by atoms with Crippen LogP contribution in [0.3, 0.4) is 0 Å². The second kappa shape index (κ2) is 4.06. The van der Waals surface area contributed by atoms with Gasteiger partial charge in [0.2, 0.25) is 11.8 Å². The van der Waals surface area contributed by atoms with Crippen molar-refractivity contribution in [2.24, 2.45) is 17.3 Å². The fourth-order valence-electron chi connectivity index (χ4n) is 2.69. The number of thiol groups is 1. The van der Waals surface area contributed by atoms with E-state index in [1.807, 2.05) is 13.8 Å². The summed E-state index contributed by atoms with van der Waals surface area (Å²) >= 11 is 4.27. The Kier molecular flexibility index (Phi) is 3.03. The van der Waals surface area contributed by atoms with Crippen molar-refractivity contribution in [1.29, 1.82) is 0 Å². The molecule has 4 heteroatoms. The first-order valence-corrected chi connectivity index (χ1v) is 6.55. The summed E-state index contributed by atoms with van der Waals surface area (Å²) in [6.45, 7) is 4.59. The molecule has 1 saturated heterocycles. The third kappa shape index (κ3) is 1.88. The minimum Gasteiger partial charge on any atom is -0.282 e. The number of hydrogen-bond donors (Lipinski definition) is 1. The van der Waals surface area contributed by atoms with Gasteiger partial charge in [0.05, 0.1) is 11.8 Å². The minimum atomic E-state index is -0.0902. The summed E-state index contributed by atoms with van der Waals surface area (Å²) in [7, 11) is 0. The molecule has 0 N–H and O–H groups in total. The summed E-state index contributed by atoms with van der Waals surface area (Å²) < 4.78 is 0. The molecule has 2 atom stereocenters. The van der Waals surface area contributed by atoms with Crippen molar-refractivity contribution in [2.45, 2.75) is 33.1 Å². The zero-order valence-electron chi connectivity index (χ0n) is 9.90. The number of amides is 2. The average molecular weight is 241 g/mol. The van der Waals surface area contributed by atoms with E-state index < -0.39 is 0 Å². The van der Waals surface area contributed by atoms with Gasteiger partial charge >= 0.3 is 0 Å². The van der Waals surface area contributed by atoms with Gasteiger partial charge in [0.15, 0.2) is 0 Å². The largest absolute Gasteiger partial charge is 0.282 e. The molecule has 2 rings (SSSR count). The van der Waals surface area contributed by atoms with Gasteiger partial charge in [0.25, 0.3) is 0 Å². The van der Waals surface area contributed by atoms with Gasteiger partial charge in [-0.2, -0.15) is 12.6 Å². The topological polar surface area (TPSA) is 37.4 Å². The molecule has 90 valence electrons. The van der Waals surface area contributed by atoms with Crippen molar-refractivity contribution >= 4 is 24.4 Å². The Morgan fingerprint density at radius 2 is 1.75 bits per heavy atom. The van der Waals surface area contributed by atoms with Crippen LogP contribution in [0.25, 0.3) is 0 Å². The molecular weight excluding hydrogens is 222 g/mol. The SMILES string of the molecule is CC(C)(CS)CN1C(=O)C2CCCC2C1=O. The molecule has 0 aromatic carbocycles. The van der Waals surface area contributed by atoms with E-state index in [9.17, 15) is 9.59 Å². The molecule has 2 aliphatic rings. The number of nitrogens with zero attached hydrogens (tertiary/aromatic N) is 1. The zero-order chi connectivity index (χ0) is 11.9. The smallest absolute Gasteiger partial charge is 0.233 e. The highest BCUT2D eigenvalue weighted by Crippen LogP contribution is 2.40. The van der Waals surface area contributed by atoms with E-state index in [0.29, 0.717) is 12.3 Å². The number of carbonyl (C=O) groups excluding carboxylic acids is 2. The summed E-state index contributed by atoms with van der Waals surface area (Å²) in [5.74, 6) is 0.774. The number of rotatable bonds is 3. The zero-order valence-corrected chi connectivity index (χ0v) is 10.8. The highest BCUT2D eigenvalue weighted by atomic mass is 32.1. The predicted molar refractivity (Wildman–Crippen MR) is 65.2 cm³/mol. The molecule has 2 fully saturated rings. The molecule has 2 amide bonds. The van der Waals surface area contributed by atoms with Crippen LogP contribution < -0.4 is 0 Å². The van der Waals surface area contributed by atoms with Crippen LogP contribution in [0.4, 0.5) is 0 Å². The van der Waals surface area contributed by atoms with Crippen LogP contribution in [0, 0.1) is 17.3 Å². The molecule has 0 radical (unpaired) electrons. The molecular formula is C12H19NO2S. The molecule has 0 spiro atoms. The van der Waals surface area contributed by atoms with Crippen molar-refractivity contribution in [3.8, 4) is 0 Å². The van der Waals surface area contributed by atoms with E-state index in [4.69, 9.17) is 0 Å². The summed E-state index contributed by atoms with van der Waals surface area (Å²) in [4.78, 5) is 25.6. The molecule has 1 heterocycles. The van der Waals surface area contributed by atoms with Crippen LogP contribution in [-0.4, -0.2) is 29.0 Å². The third-order valence-corrected chi connectivity index (χ3v) is 4.55. The Morgan fingerprint density at radius 3 is 2.19 bits per heavy atom. The fourth-order valence-corrected chi connectivity index (χ4v) is 2.79. The van der Waals surface area contributed by atoms with Crippen LogP contribution >= 0.6 is 12.6 Å². The molecule has 1 saturated carbocycles. The second-order valence-electron chi connectivity index (χ2n) is 5.73. The van der Waals surface area contributed by atoms with Crippen molar-refractivity contribution in [1.82, 2.24) is 4.90 Å². The van der Waals surface area contributed by atoms with Gasteiger partial charge in [-0.25, -0.2) is 0 Å². The van der Waals surface area contributed by atoms with Gasteiger partial charge in [-0.1, -0.05) is 20.3 Å². The van der Waals surface area contributed by atoms with E-state index in [0.717, 1.165) is 19.3 Å². The lowest BCUT2D eigenvalue weighted by atomic mass is 9.95. The Balaban J connectivity index is 2.12. The summed E-state index contributed by atoms with van der Waals surface area (Å²) in [6.07, 6.45) is 2.82. The third-order valence-electron chi connectivity index (χ3n) is 3.70. The standard InChI is InChI=1S/C12H19NO2S/c1-12(2,7-16)6-13-10(14)8-4-3-5-9(8)11(13)15/h8-9,16H,3-7H2,1-2H3. The monoisotopic (exact) mass is 241 g/mol. The highest BCUT2D eigenvalue weighted by molar-refractivity contribution is 7.80. The molecule has 2 unspecified atom stereocenters. The first-order valence-electron chi connectivity index (χ1n) is 5.92. The Labute approximate surface area is 102 Å². The van der Waals surface area contributed by atoms with Crippen molar-refractivity contribution < 1.29 is 9.59 Å². The fraction of sp³-hybridized carbons (Fsp3) is 0.833. The normalized spacial score (nSPS) is 30.1. The van der Waals surface area contributed by atoms with Gasteiger partial charge in [-0.05, 0) is 24.0 Å². The summed E-state index contributed by atoms with van der Waals surface area (Å²) in [5.41, 5.74) is -0.0902. The van der Waals surface area contributed by atoms with Gasteiger partial charge in [-0.3, -0.25) is 14.5 Å². The molecule has 0 bridgehead atoms. The van der Waals surface area contributed by atoms with E-state index in [1.165, 1.54) is 4.90 Å². The molecule has 3 nitrogen and oxygen atoms in total. The van der Waals surface area contributed by atoms with Gasteiger partial charge in [-0.15, -0.1) is 0 Å². The number of carbonyl (C=O) groups is 2. The highest BCUT2D eigenvalue weighted by Gasteiger charge is 2.50. The van der Waals surface area contributed by atoms with Crippen LogP contribution in [0.1, 0.15) is 33.1 Å². The van der Waals surface area contributed by atoms with Crippen molar-refractivity contribution in [2.75, 3.05) is 12.3 Å². The maximum absolute atomic E-state index is 12.1. The number of likely N-dealkylation sites (tertiary alicyclic amines) is 1. The maximum atomic E-state index is 12.1. The lowest BCUT2D eigenvalue weighted by Crippen LogP contribution is -2.40. The number of imide groups is 1. The molecule has 1 aliphatic heterocycles. The molecule has 0 aromatic heterocycles. The first-order chi connectivity index (χ1) is 7.46. The van der Waals surface area contributed by atoms with Crippen LogP contribution in [0.2, 0.25) is 0 Å². The van der Waals surface area contributed by atoms with Crippen molar-refractivity contribution in [3.63, 3.8) is 0 Å². The average Bonchev–Trinajstić information content (AvgIpc) is 2.79.